The lowest BCUT2D eigenvalue weighted by atomic mass is 10.0. The minimum atomic E-state index is 0.104. The predicted octanol–water partition coefficient (Wildman–Crippen LogP) is 3.87. The smallest absolute Gasteiger partial charge is 0.138 e. The molecule has 2 atom stereocenters. The first kappa shape index (κ1) is 12.9. The van der Waals surface area contributed by atoms with Crippen LogP contribution in [0.25, 0.3) is 22.3 Å². The molecule has 1 N–H and O–H groups in total. The van der Waals surface area contributed by atoms with Gasteiger partial charge in [-0.25, -0.2) is 4.98 Å². The van der Waals surface area contributed by atoms with Crippen LogP contribution in [0.2, 0.25) is 0 Å². The Balaban J connectivity index is 1.96. The topological polar surface area (TPSA) is 61.7 Å². The standard InChI is InChI=1S/C18H15N3O/c1-22-13-8-15-16(14-7-12(14)9-19)17(21-18(15)20-10-13)11-5-3-2-4-6-11/h2-6,8,10,12,14H,7H2,1H3,(H,20,21)/t12-,14+/m0/s1. The summed E-state index contributed by atoms with van der Waals surface area (Å²) in [5.41, 5.74) is 4.23. The number of aromatic nitrogens is 2. The van der Waals surface area contributed by atoms with Gasteiger partial charge in [-0.05, 0) is 23.6 Å². The van der Waals surface area contributed by atoms with E-state index in [9.17, 15) is 5.26 Å². The first-order chi connectivity index (χ1) is 10.8. The molecule has 0 saturated heterocycles. The van der Waals surface area contributed by atoms with Gasteiger partial charge in [0.2, 0.25) is 0 Å². The second kappa shape index (κ2) is 4.88. The van der Waals surface area contributed by atoms with E-state index < -0.39 is 0 Å². The third-order valence-electron chi connectivity index (χ3n) is 4.29. The molecule has 0 unspecified atom stereocenters. The van der Waals surface area contributed by atoms with Crippen LogP contribution in [-0.4, -0.2) is 17.1 Å². The summed E-state index contributed by atoms with van der Waals surface area (Å²) in [4.78, 5) is 7.88. The van der Waals surface area contributed by atoms with Crippen LogP contribution < -0.4 is 4.74 Å². The first-order valence-electron chi connectivity index (χ1n) is 7.32. The van der Waals surface area contributed by atoms with Crippen LogP contribution in [-0.2, 0) is 0 Å². The molecule has 1 saturated carbocycles. The summed E-state index contributed by atoms with van der Waals surface area (Å²) < 4.78 is 5.30. The van der Waals surface area contributed by atoms with Gasteiger partial charge in [-0.2, -0.15) is 5.26 Å². The Hall–Kier alpha value is -2.80. The van der Waals surface area contributed by atoms with Gasteiger partial charge in [0.05, 0.1) is 31.0 Å². The third kappa shape index (κ3) is 1.94. The zero-order valence-corrected chi connectivity index (χ0v) is 12.2. The number of nitriles is 1. The highest BCUT2D eigenvalue weighted by molar-refractivity contribution is 5.90. The molecule has 0 radical (unpaired) electrons. The van der Waals surface area contributed by atoms with E-state index in [0.717, 1.165) is 34.5 Å². The molecule has 2 aromatic heterocycles. The Morgan fingerprint density at radius 3 is 2.82 bits per heavy atom. The second-order valence-electron chi connectivity index (χ2n) is 5.63. The van der Waals surface area contributed by atoms with Crippen molar-refractivity contribution in [1.82, 2.24) is 9.97 Å². The number of nitrogens with one attached hydrogen (secondary N) is 1. The average molecular weight is 289 g/mol. The van der Waals surface area contributed by atoms with Crippen molar-refractivity contribution in [3.05, 3.63) is 48.2 Å². The monoisotopic (exact) mass is 289 g/mol. The lowest BCUT2D eigenvalue weighted by molar-refractivity contribution is 0.413. The maximum Gasteiger partial charge on any atom is 0.138 e. The molecule has 22 heavy (non-hydrogen) atoms. The third-order valence-corrected chi connectivity index (χ3v) is 4.29. The van der Waals surface area contributed by atoms with Gasteiger partial charge in [0, 0.05) is 11.3 Å². The maximum absolute atomic E-state index is 9.21. The lowest BCUT2D eigenvalue weighted by Gasteiger charge is -2.04. The van der Waals surface area contributed by atoms with Gasteiger partial charge in [0.15, 0.2) is 0 Å². The number of methoxy groups -OCH3 is 1. The van der Waals surface area contributed by atoms with Gasteiger partial charge >= 0.3 is 0 Å². The van der Waals surface area contributed by atoms with Gasteiger partial charge in [-0.15, -0.1) is 0 Å². The van der Waals surface area contributed by atoms with Gasteiger partial charge < -0.3 is 9.72 Å². The Kier molecular flexibility index (Phi) is 2.87. The number of pyridine rings is 1. The number of benzene rings is 1. The fourth-order valence-corrected chi connectivity index (χ4v) is 3.06. The summed E-state index contributed by atoms with van der Waals surface area (Å²) in [5, 5.41) is 10.3. The molecule has 1 aromatic carbocycles. The van der Waals surface area contributed by atoms with Crippen LogP contribution in [0.1, 0.15) is 17.9 Å². The lowest BCUT2D eigenvalue weighted by Crippen LogP contribution is -1.87. The van der Waals surface area contributed by atoms with Crippen LogP contribution in [0.15, 0.2) is 42.6 Å². The highest BCUT2D eigenvalue weighted by atomic mass is 16.5. The second-order valence-corrected chi connectivity index (χ2v) is 5.63. The molecular weight excluding hydrogens is 274 g/mol. The molecule has 2 heterocycles. The van der Waals surface area contributed by atoms with Crippen LogP contribution >= 0.6 is 0 Å². The van der Waals surface area contributed by atoms with Crippen molar-refractivity contribution in [3.8, 4) is 23.1 Å². The largest absolute Gasteiger partial charge is 0.495 e. The Morgan fingerprint density at radius 2 is 2.14 bits per heavy atom. The minimum Gasteiger partial charge on any atom is -0.495 e. The van der Waals surface area contributed by atoms with Crippen molar-refractivity contribution in [2.75, 3.05) is 7.11 Å². The molecule has 1 aliphatic rings. The van der Waals surface area contributed by atoms with E-state index in [1.54, 1.807) is 13.3 Å². The quantitative estimate of drug-likeness (QED) is 0.796. The maximum atomic E-state index is 9.21. The Labute approximate surface area is 128 Å². The first-order valence-corrected chi connectivity index (χ1v) is 7.32. The highest BCUT2D eigenvalue weighted by Gasteiger charge is 2.42. The molecule has 1 aliphatic carbocycles. The van der Waals surface area contributed by atoms with Crippen LogP contribution in [0.4, 0.5) is 0 Å². The molecule has 4 nitrogen and oxygen atoms in total. The summed E-state index contributed by atoms with van der Waals surface area (Å²) in [6.07, 6.45) is 2.63. The minimum absolute atomic E-state index is 0.104. The van der Waals surface area contributed by atoms with Crippen molar-refractivity contribution >= 4 is 11.0 Å². The summed E-state index contributed by atoms with van der Waals surface area (Å²) in [5.74, 6) is 1.12. The van der Waals surface area contributed by atoms with Gasteiger partial charge in [0.25, 0.3) is 0 Å². The number of aromatic amines is 1. The highest BCUT2D eigenvalue weighted by Crippen LogP contribution is 2.52. The van der Waals surface area contributed by atoms with Gasteiger partial charge in [-0.1, -0.05) is 30.3 Å². The molecule has 4 heteroatoms. The number of rotatable bonds is 3. The van der Waals surface area contributed by atoms with E-state index in [4.69, 9.17) is 4.74 Å². The SMILES string of the molecule is COc1cnc2[nH]c(-c3ccccc3)c([C@@H]3C[C@H]3C#N)c2c1. The van der Waals surface area contributed by atoms with Crippen LogP contribution in [0.5, 0.6) is 5.75 Å². The molecule has 108 valence electrons. The van der Waals surface area contributed by atoms with Crippen molar-refractivity contribution in [3.63, 3.8) is 0 Å². The van der Waals surface area contributed by atoms with Crippen molar-refractivity contribution < 1.29 is 4.74 Å². The van der Waals surface area contributed by atoms with E-state index in [2.05, 4.69) is 28.2 Å². The number of nitrogens with zero attached hydrogens (tertiary/aromatic N) is 2. The molecule has 3 aromatic rings. The number of H-pyrrole nitrogens is 1. The summed E-state index contributed by atoms with van der Waals surface area (Å²) in [6.45, 7) is 0. The number of hydrogen-bond acceptors (Lipinski definition) is 3. The molecule has 0 amide bonds. The summed E-state index contributed by atoms with van der Waals surface area (Å²) in [6, 6.07) is 14.6. The zero-order chi connectivity index (χ0) is 15.1. The molecule has 0 spiro atoms. The number of hydrogen-bond donors (Lipinski definition) is 1. The van der Waals surface area contributed by atoms with E-state index in [1.807, 2.05) is 24.3 Å². The number of fused-ring (bicyclic) bond motifs is 1. The Bertz CT molecular complexity index is 876. The van der Waals surface area contributed by atoms with E-state index >= 15 is 0 Å². The fraction of sp³-hybridized carbons (Fsp3) is 0.222. The Morgan fingerprint density at radius 1 is 1.32 bits per heavy atom. The van der Waals surface area contributed by atoms with Crippen molar-refractivity contribution in [2.24, 2.45) is 5.92 Å². The van der Waals surface area contributed by atoms with Crippen molar-refractivity contribution in [1.29, 1.82) is 5.26 Å². The van der Waals surface area contributed by atoms with Crippen LogP contribution in [0, 0.1) is 17.2 Å². The molecule has 1 fully saturated rings. The summed E-state index contributed by atoms with van der Waals surface area (Å²) in [7, 11) is 1.64. The van der Waals surface area contributed by atoms with Crippen LogP contribution in [0.3, 0.4) is 0 Å². The van der Waals surface area contributed by atoms with Crippen molar-refractivity contribution in [2.45, 2.75) is 12.3 Å². The number of ether oxygens (including phenoxy) is 1. The molecule has 0 aliphatic heterocycles. The summed E-state index contributed by atoms with van der Waals surface area (Å²) >= 11 is 0. The molecular formula is C18H15N3O. The zero-order valence-electron chi connectivity index (χ0n) is 12.2. The van der Waals surface area contributed by atoms with E-state index in [-0.39, 0.29) is 11.8 Å². The van der Waals surface area contributed by atoms with E-state index in [0.29, 0.717) is 0 Å². The predicted molar refractivity (Wildman–Crippen MR) is 84.5 cm³/mol. The normalized spacial score (nSPS) is 19.8. The average Bonchev–Trinajstić information content (AvgIpc) is 3.26. The van der Waals surface area contributed by atoms with Gasteiger partial charge in [-0.3, -0.25) is 0 Å². The van der Waals surface area contributed by atoms with E-state index in [1.165, 1.54) is 5.56 Å². The molecule has 0 bridgehead atoms. The molecule has 4 rings (SSSR count). The fourth-order valence-electron chi connectivity index (χ4n) is 3.06. The van der Waals surface area contributed by atoms with Gasteiger partial charge in [0.1, 0.15) is 11.4 Å².